The third-order valence-corrected chi connectivity index (χ3v) is 4.47. The van der Waals surface area contributed by atoms with Gasteiger partial charge in [-0.1, -0.05) is 12.1 Å². The normalized spacial score (nSPS) is 11.7. The number of aromatic nitrogens is 4. The van der Waals surface area contributed by atoms with Gasteiger partial charge in [0.05, 0.1) is 22.4 Å². The summed E-state index contributed by atoms with van der Waals surface area (Å²) in [5.41, 5.74) is 8.72. The molecule has 6 nitrogen and oxygen atoms in total. The molecule has 0 unspecified atom stereocenters. The fourth-order valence-corrected chi connectivity index (χ4v) is 3.02. The first-order valence-corrected chi connectivity index (χ1v) is 8.54. The first-order valence-electron chi connectivity index (χ1n) is 8.54. The maximum Gasteiger partial charge on any atom is 0.433 e. The first-order chi connectivity index (χ1) is 13.7. The van der Waals surface area contributed by atoms with Gasteiger partial charge < -0.3 is 5.73 Å². The summed E-state index contributed by atoms with van der Waals surface area (Å²) in [6.45, 7) is 1.88. The van der Waals surface area contributed by atoms with Gasteiger partial charge >= 0.3 is 6.18 Å². The molecule has 0 saturated carbocycles. The predicted octanol–water partition coefficient (Wildman–Crippen LogP) is 4.11. The summed E-state index contributed by atoms with van der Waals surface area (Å²) in [6.07, 6.45) is -4.50. The largest absolute Gasteiger partial charge is 0.433 e. The lowest BCUT2D eigenvalue weighted by Crippen LogP contribution is -2.10. The molecule has 146 valence electrons. The molecule has 3 aromatic heterocycles. The van der Waals surface area contributed by atoms with Crippen molar-refractivity contribution in [2.24, 2.45) is 5.73 Å². The third-order valence-electron chi connectivity index (χ3n) is 4.47. The second-order valence-electron chi connectivity index (χ2n) is 6.49. The number of hydrogen-bond donors (Lipinski definition) is 2. The molecule has 1 aromatic carbocycles. The average molecular weight is 397 g/mol. The summed E-state index contributed by atoms with van der Waals surface area (Å²) in [7, 11) is 0. The summed E-state index contributed by atoms with van der Waals surface area (Å²) in [6, 6.07) is 12.5. The fourth-order valence-electron chi connectivity index (χ4n) is 3.02. The minimum Gasteiger partial charge on any atom is -0.364 e. The number of rotatable bonds is 3. The Morgan fingerprint density at radius 2 is 1.69 bits per heavy atom. The van der Waals surface area contributed by atoms with Crippen LogP contribution in [0.25, 0.3) is 33.5 Å². The standard InChI is InChI=1S/C20H14F3N5O/c1-10-8-11(2-3-12(10)16-9-17(19(24)29)28-27-16)13-4-5-15-14(25-13)6-7-18(26-15)20(21,22)23/h2-9H,1H3,(H2,24,29)(H,27,28). The molecule has 1 amide bonds. The molecule has 9 heteroatoms. The SMILES string of the molecule is Cc1cc(-c2ccc3nc(C(F)(F)F)ccc3n2)ccc1-c1cc(C(N)=O)[nH]n1. The Bertz CT molecular complexity index is 1250. The number of primary amides is 1. The van der Waals surface area contributed by atoms with Gasteiger partial charge in [0.2, 0.25) is 0 Å². The van der Waals surface area contributed by atoms with Crippen LogP contribution >= 0.6 is 0 Å². The molecular weight excluding hydrogens is 383 g/mol. The van der Waals surface area contributed by atoms with Crippen molar-refractivity contribution in [1.29, 1.82) is 0 Å². The molecule has 0 saturated heterocycles. The van der Waals surface area contributed by atoms with Crippen LogP contribution < -0.4 is 5.73 Å². The molecule has 0 bridgehead atoms. The Kier molecular flexibility index (Phi) is 4.30. The van der Waals surface area contributed by atoms with Gasteiger partial charge in [-0.25, -0.2) is 9.97 Å². The Hall–Kier alpha value is -3.75. The number of H-pyrrole nitrogens is 1. The molecule has 3 heterocycles. The van der Waals surface area contributed by atoms with Crippen LogP contribution in [0.15, 0.2) is 48.5 Å². The number of amides is 1. The van der Waals surface area contributed by atoms with Crippen LogP contribution in [0.2, 0.25) is 0 Å². The monoisotopic (exact) mass is 397 g/mol. The Morgan fingerprint density at radius 3 is 2.34 bits per heavy atom. The highest BCUT2D eigenvalue weighted by Gasteiger charge is 2.32. The van der Waals surface area contributed by atoms with Gasteiger partial charge in [0.25, 0.3) is 5.91 Å². The molecule has 0 aliphatic carbocycles. The number of pyridine rings is 2. The molecule has 0 radical (unpaired) electrons. The molecular formula is C20H14F3N5O. The highest BCUT2D eigenvalue weighted by molar-refractivity contribution is 5.92. The molecule has 0 fully saturated rings. The van der Waals surface area contributed by atoms with Crippen molar-refractivity contribution >= 4 is 16.9 Å². The van der Waals surface area contributed by atoms with Gasteiger partial charge in [0.1, 0.15) is 11.4 Å². The number of carbonyl (C=O) groups excluding carboxylic acids is 1. The number of nitrogens with two attached hydrogens (primary N) is 1. The second-order valence-corrected chi connectivity index (χ2v) is 6.49. The van der Waals surface area contributed by atoms with E-state index >= 15 is 0 Å². The van der Waals surface area contributed by atoms with Crippen LogP contribution in [-0.4, -0.2) is 26.1 Å². The molecule has 0 aliphatic heterocycles. The summed E-state index contributed by atoms with van der Waals surface area (Å²) < 4.78 is 38.4. The van der Waals surface area contributed by atoms with Crippen LogP contribution in [0.1, 0.15) is 21.7 Å². The zero-order valence-corrected chi connectivity index (χ0v) is 15.1. The highest BCUT2D eigenvalue weighted by atomic mass is 19.4. The van der Waals surface area contributed by atoms with Crippen molar-refractivity contribution in [1.82, 2.24) is 20.2 Å². The third kappa shape index (κ3) is 3.54. The van der Waals surface area contributed by atoms with E-state index in [1.165, 1.54) is 12.1 Å². The summed E-state index contributed by atoms with van der Waals surface area (Å²) in [5.74, 6) is -0.597. The summed E-state index contributed by atoms with van der Waals surface area (Å²) in [5, 5.41) is 6.69. The number of nitrogens with zero attached hydrogens (tertiary/aromatic N) is 3. The highest BCUT2D eigenvalue weighted by Crippen LogP contribution is 2.30. The Labute approximate surface area is 162 Å². The van der Waals surface area contributed by atoms with Crippen LogP contribution in [0.5, 0.6) is 0 Å². The van der Waals surface area contributed by atoms with Crippen molar-refractivity contribution in [3.63, 3.8) is 0 Å². The quantitative estimate of drug-likeness (QED) is 0.544. The van der Waals surface area contributed by atoms with Crippen molar-refractivity contribution in [3.8, 4) is 22.5 Å². The van der Waals surface area contributed by atoms with E-state index in [1.807, 2.05) is 25.1 Å². The number of hydrogen-bond acceptors (Lipinski definition) is 4. The number of aryl methyl sites for hydroxylation is 1. The van der Waals surface area contributed by atoms with Crippen molar-refractivity contribution in [3.05, 3.63) is 65.5 Å². The zero-order chi connectivity index (χ0) is 20.8. The first kappa shape index (κ1) is 18.6. The lowest BCUT2D eigenvalue weighted by Gasteiger charge is -2.09. The van der Waals surface area contributed by atoms with Crippen molar-refractivity contribution in [2.75, 3.05) is 0 Å². The smallest absolute Gasteiger partial charge is 0.364 e. The average Bonchev–Trinajstić information content (AvgIpc) is 3.16. The van der Waals surface area contributed by atoms with E-state index in [0.29, 0.717) is 16.9 Å². The molecule has 4 rings (SSSR count). The number of fused-ring (bicyclic) bond motifs is 1. The molecule has 3 N–H and O–H groups in total. The lowest BCUT2D eigenvalue weighted by atomic mass is 10.0. The number of carbonyl (C=O) groups is 1. The summed E-state index contributed by atoms with van der Waals surface area (Å²) in [4.78, 5) is 19.3. The number of halogens is 3. The van der Waals surface area contributed by atoms with Crippen molar-refractivity contribution in [2.45, 2.75) is 13.1 Å². The van der Waals surface area contributed by atoms with E-state index in [0.717, 1.165) is 22.8 Å². The van der Waals surface area contributed by atoms with Gasteiger partial charge in [-0.05, 0) is 48.9 Å². The number of nitrogens with one attached hydrogen (secondary N) is 1. The maximum absolute atomic E-state index is 12.8. The van der Waals surface area contributed by atoms with Gasteiger partial charge in [-0.15, -0.1) is 0 Å². The molecule has 4 aromatic rings. The van der Waals surface area contributed by atoms with Crippen molar-refractivity contribution < 1.29 is 18.0 Å². The molecule has 0 spiro atoms. The van der Waals surface area contributed by atoms with E-state index in [9.17, 15) is 18.0 Å². The van der Waals surface area contributed by atoms with Crippen LogP contribution in [0, 0.1) is 6.92 Å². The van der Waals surface area contributed by atoms with Gasteiger partial charge in [-0.3, -0.25) is 9.89 Å². The maximum atomic E-state index is 12.8. The lowest BCUT2D eigenvalue weighted by molar-refractivity contribution is -0.140. The van der Waals surface area contributed by atoms with Crippen LogP contribution in [0.3, 0.4) is 0 Å². The topological polar surface area (TPSA) is 97.5 Å². The second kappa shape index (κ2) is 6.69. The Morgan fingerprint density at radius 1 is 0.966 bits per heavy atom. The van der Waals surface area contributed by atoms with Crippen LogP contribution in [-0.2, 0) is 6.18 Å². The van der Waals surface area contributed by atoms with E-state index in [-0.39, 0.29) is 11.2 Å². The van der Waals surface area contributed by atoms with E-state index in [1.54, 1.807) is 12.1 Å². The van der Waals surface area contributed by atoms with Gasteiger partial charge in [0, 0.05) is 11.1 Å². The van der Waals surface area contributed by atoms with E-state index < -0.39 is 17.8 Å². The Balaban J connectivity index is 1.70. The minimum absolute atomic E-state index is 0.174. The molecule has 0 aliphatic rings. The van der Waals surface area contributed by atoms with E-state index in [2.05, 4.69) is 20.2 Å². The number of alkyl halides is 3. The molecule has 0 atom stereocenters. The fraction of sp³-hybridized carbons (Fsp3) is 0.100. The van der Waals surface area contributed by atoms with E-state index in [4.69, 9.17) is 5.73 Å². The van der Waals surface area contributed by atoms with Crippen LogP contribution in [0.4, 0.5) is 13.2 Å². The van der Waals surface area contributed by atoms with Gasteiger partial charge in [0.15, 0.2) is 0 Å². The minimum atomic E-state index is -4.50. The number of aromatic amines is 1. The zero-order valence-electron chi connectivity index (χ0n) is 15.1. The summed E-state index contributed by atoms with van der Waals surface area (Å²) >= 11 is 0. The molecule has 29 heavy (non-hydrogen) atoms. The predicted molar refractivity (Wildman–Crippen MR) is 101 cm³/mol. The number of benzene rings is 1. The van der Waals surface area contributed by atoms with Gasteiger partial charge in [-0.2, -0.15) is 18.3 Å².